The first kappa shape index (κ1) is 9.06. The first-order chi connectivity index (χ1) is 5.68. The fraction of sp³-hybridized carbons (Fsp3) is 0.125. The van der Waals surface area contributed by atoms with Gasteiger partial charge in [0, 0.05) is 10.2 Å². The van der Waals surface area contributed by atoms with Crippen LogP contribution in [-0.2, 0) is 4.79 Å². The van der Waals surface area contributed by atoms with Crippen molar-refractivity contribution in [3.8, 4) is 0 Å². The molecule has 0 radical (unpaired) electrons. The van der Waals surface area contributed by atoms with E-state index in [4.69, 9.17) is 5.73 Å². The van der Waals surface area contributed by atoms with Gasteiger partial charge in [0.2, 0.25) is 5.91 Å². The number of hydrogen-bond acceptors (Lipinski definition) is 2. The molecule has 0 fully saturated rings. The SMILES string of the molecule is NC(=O)CNc1ccc(Br)cc1. The second-order valence-electron chi connectivity index (χ2n) is 2.33. The van der Waals surface area contributed by atoms with E-state index >= 15 is 0 Å². The molecule has 0 aliphatic rings. The predicted molar refractivity (Wildman–Crippen MR) is 51.8 cm³/mol. The number of anilines is 1. The van der Waals surface area contributed by atoms with Crippen LogP contribution in [0.15, 0.2) is 28.7 Å². The fourth-order valence-electron chi connectivity index (χ4n) is 0.757. The van der Waals surface area contributed by atoms with Crippen molar-refractivity contribution >= 4 is 27.5 Å². The molecule has 0 spiro atoms. The lowest BCUT2D eigenvalue weighted by molar-refractivity contribution is -0.116. The maximum Gasteiger partial charge on any atom is 0.236 e. The maximum atomic E-state index is 10.4. The van der Waals surface area contributed by atoms with Crippen molar-refractivity contribution < 1.29 is 4.79 Å². The summed E-state index contributed by atoms with van der Waals surface area (Å²) in [6.45, 7) is 0.168. The molecule has 0 aromatic heterocycles. The van der Waals surface area contributed by atoms with E-state index in [-0.39, 0.29) is 12.5 Å². The minimum Gasteiger partial charge on any atom is -0.376 e. The van der Waals surface area contributed by atoms with Gasteiger partial charge >= 0.3 is 0 Å². The molecule has 0 heterocycles. The molecule has 0 atom stereocenters. The zero-order valence-electron chi connectivity index (χ0n) is 6.38. The van der Waals surface area contributed by atoms with Gasteiger partial charge in [-0.2, -0.15) is 0 Å². The van der Waals surface area contributed by atoms with Crippen LogP contribution in [-0.4, -0.2) is 12.5 Å². The largest absolute Gasteiger partial charge is 0.376 e. The molecule has 0 aliphatic heterocycles. The highest BCUT2D eigenvalue weighted by molar-refractivity contribution is 9.10. The van der Waals surface area contributed by atoms with Gasteiger partial charge in [0.1, 0.15) is 0 Å². The van der Waals surface area contributed by atoms with E-state index in [0.717, 1.165) is 10.2 Å². The summed E-state index contributed by atoms with van der Waals surface area (Å²) in [6, 6.07) is 7.52. The molecule has 3 N–H and O–H groups in total. The second kappa shape index (κ2) is 4.11. The Bertz CT molecular complexity index is 271. The third-order valence-electron chi connectivity index (χ3n) is 1.31. The number of carbonyl (C=O) groups is 1. The number of nitrogens with one attached hydrogen (secondary N) is 1. The molecular formula is C8H9BrN2O. The van der Waals surface area contributed by atoms with Gasteiger partial charge in [-0.3, -0.25) is 4.79 Å². The fourth-order valence-corrected chi connectivity index (χ4v) is 1.02. The number of amides is 1. The zero-order chi connectivity index (χ0) is 8.97. The normalized spacial score (nSPS) is 9.42. The number of carbonyl (C=O) groups excluding carboxylic acids is 1. The molecule has 0 unspecified atom stereocenters. The summed E-state index contributed by atoms with van der Waals surface area (Å²) in [6.07, 6.45) is 0. The quantitative estimate of drug-likeness (QED) is 0.821. The molecule has 1 rings (SSSR count). The van der Waals surface area contributed by atoms with Gasteiger partial charge in [-0.15, -0.1) is 0 Å². The van der Waals surface area contributed by atoms with E-state index in [0.29, 0.717) is 0 Å². The maximum absolute atomic E-state index is 10.4. The summed E-state index contributed by atoms with van der Waals surface area (Å²) in [5, 5.41) is 2.88. The smallest absolute Gasteiger partial charge is 0.236 e. The summed E-state index contributed by atoms with van der Waals surface area (Å²) in [4.78, 5) is 10.4. The van der Waals surface area contributed by atoms with Crippen molar-refractivity contribution in [2.75, 3.05) is 11.9 Å². The highest BCUT2D eigenvalue weighted by Crippen LogP contribution is 2.13. The van der Waals surface area contributed by atoms with Crippen LogP contribution in [0.25, 0.3) is 0 Å². The molecule has 4 heteroatoms. The molecule has 0 saturated heterocycles. The van der Waals surface area contributed by atoms with Crippen molar-refractivity contribution in [2.45, 2.75) is 0 Å². The lowest BCUT2D eigenvalue weighted by atomic mass is 10.3. The molecular weight excluding hydrogens is 220 g/mol. The third kappa shape index (κ3) is 2.92. The van der Waals surface area contributed by atoms with Crippen molar-refractivity contribution in [2.24, 2.45) is 5.73 Å². The van der Waals surface area contributed by atoms with Gasteiger partial charge < -0.3 is 11.1 Å². The number of halogens is 1. The Hall–Kier alpha value is -1.03. The Morgan fingerprint density at radius 3 is 2.50 bits per heavy atom. The molecule has 64 valence electrons. The molecule has 3 nitrogen and oxygen atoms in total. The Labute approximate surface area is 79.1 Å². The van der Waals surface area contributed by atoms with Crippen molar-refractivity contribution in [1.82, 2.24) is 0 Å². The minimum atomic E-state index is -0.363. The van der Waals surface area contributed by atoms with Crippen LogP contribution in [0.1, 0.15) is 0 Å². The van der Waals surface area contributed by atoms with E-state index in [1.54, 1.807) is 0 Å². The zero-order valence-corrected chi connectivity index (χ0v) is 7.97. The van der Waals surface area contributed by atoms with Crippen molar-refractivity contribution in [3.05, 3.63) is 28.7 Å². The lowest BCUT2D eigenvalue weighted by Gasteiger charge is -2.02. The Kier molecular flexibility index (Phi) is 3.10. The van der Waals surface area contributed by atoms with Gasteiger partial charge in [-0.1, -0.05) is 15.9 Å². The van der Waals surface area contributed by atoms with Crippen molar-refractivity contribution in [3.63, 3.8) is 0 Å². The Balaban J connectivity index is 2.53. The van der Waals surface area contributed by atoms with Gasteiger partial charge in [-0.05, 0) is 24.3 Å². The average molecular weight is 229 g/mol. The standard InChI is InChI=1S/C8H9BrN2O/c9-6-1-3-7(4-2-6)11-5-8(10)12/h1-4,11H,5H2,(H2,10,12). The number of rotatable bonds is 3. The van der Waals surface area contributed by atoms with Crippen LogP contribution in [0, 0.1) is 0 Å². The van der Waals surface area contributed by atoms with Crippen LogP contribution >= 0.6 is 15.9 Å². The molecule has 0 aliphatic carbocycles. The summed E-state index contributed by atoms with van der Waals surface area (Å²) >= 11 is 3.31. The lowest BCUT2D eigenvalue weighted by Crippen LogP contribution is -2.21. The van der Waals surface area contributed by atoms with Crippen LogP contribution in [0.4, 0.5) is 5.69 Å². The first-order valence-electron chi connectivity index (χ1n) is 3.46. The predicted octanol–water partition coefficient (Wildman–Crippen LogP) is 1.35. The molecule has 12 heavy (non-hydrogen) atoms. The second-order valence-corrected chi connectivity index (χ2v) is 3.24. The molecule has 1 aromatic rings. The van der Waals surface area contributed by atoms with E-state index in [9.17, 15) is 4.79 Å². The van der Waals surface area contributed by atoms with E-state index in [2.05, 4.69) is 21.2 Å². The van der Waals surface area contributed by atoms with E-state index in [1.165, 1.54) is 0 Å². The third-order valence-corrected chi connectivity index (χ3v) is 1.84. The Morgan fingerprint density at radius 2 is 2.00 bits per heavy atom. The summed E-state index contributed by atoms with van der Waals surface area (Å²) in [5.41, 5.74) is 5.85. The van der Waals surface area contributed by atoms with Crippen LogP contribution < -0.4 is 11.1 Å². The summed E-state index contributed by atoms with van der Waals surface area (Å²) < 4.78 is 1.01. The average Bonchev–Trinajstić information content (AvgIpc) is 2.03. The van der Waals surface area contributed by atoms with Crippen molar-refractivity contribution in [1.29, 1.82) is 0 Å². The van der Waals surface area contributed by atoms with Gasteiger partial charge in [0.25, 0.3) is 0 Å². The highest BCUT2D eigenvalue weighted by atomic mass is 79.9. The molecule has 0 bridgehead atoms. The molecule has 1 amide bonds. The molecule has 1 aromatic carbocycles. The minimum absolute atomic E-state index is 0.168. The number of nitrogens with two attached hydrogens (primary N) is 1. The van der Waals surface area contributed by atoms with Crippen LogP contribution in [0.5, 0.6) is 0 Å². The van der Waals surface area contributed by atoms with E-state index < -0.39 is 0 Å². The number of hydrogen-bond donors (Lipinski definition) is 2. The van der Waals surface area contributed by atoms with E-state index in [1.807, 2.05) is 24.3 Å². The topological polar surface area (TPSA) is 55.1 Å². The first-order valence-corrected chi connectivity index (χ1v) is 4.25. The monoisotopic (exact) mass is 228 g/mol. The number of benzene rings is 1. The van der Waals surface area contributed by atoms with Crippen LogP contribution in [0.3, 0.4) is 0 Å². The Morgan fingerprint density at radius 1 is 1.42 bits per heavy atom. The molecule has 0 saturated carbocycles. The summed E-state index contributed by atoms with van der Waals surface area (Å²) in [7, 11) is 0. The van der Waals surface area contributed by atoms with Gasteiger partial charge in [0.15, 0.2) is 0 Å². The number of primary amides is 1. The highest BCUT2D eigenvalue weighted by Gasteiger charge is 1.93. The summed E-state index contributed by atoms with van der Waals surface area (Å²) in [5.74, 6) is -0.363. The van der Waals surface area contributed by atoms with Gasteiger partial charge in [0.05, 0.1) is 6.54 Å². The van der Waals surface area contributed by atoms with Crippen LogP contribution in [0.2, 0.25) is 0 Å². The van der Waals surface area contributed by atoms with Gasteiger partial charge in [-0.25, -0.2) is 0 Å².